The minimum Gasteiger partial charge on any atom is -0.462 e. The Bertz CT molecular complexity index is 1030. The van der Waals surface area contributed by atoms with Crippen LogP contribution in [0.2, 0.25) is 0 Å². The molecule has 31 heavy (non-hydrogen) atoms. The zero-order valence-corrected chi connectivity index (χ0v) is 18.1. The molecule has 1 aromatic carbocycles. The van der Waals surface area contributed by atoms with Crippen LogP contribution in [0.25, 0.3) is 0 Å². The summed E-state index contributed by atoms with van der Waals surface area (Å²) < 4.78 is 10.1. The molecule has 164 valence electrons. The quantitative estimate of drug-likeness (QED) is 0.486. The Morgan fingerprint density at radius 3 is 2.45 bits per heavy atom. The van der Waals surface area contributed by atoms with E-state index in [2.05, 4.69) is 4.98 Å². The highest BCUT2D eigenvalue weighted by Gasteiger charge is 2.23. The molecule has 1 aliphatic rings. The molecule has 0 saturated heterocycles. The minimum atomic E-state index is -0.616. The maximum Gasteiger partial charge on any atom is 0.340 e. The Balaban J connectivity index is 1.51. The second-order valence-electron chi connectivity index (χ2n) is 7.69. The normalized spacial score (nSPS) is 12.4. The van der Waals surface area contributed by atoms with Gasteiger partial charge in [0.1, 0.15) is 0 Å². The van der Waals surface area contributed by atoms with Crippen LogP contribution in [0, 0.1) is 13.8 Å². The third kappa shape index (κ3) is 5.10. The number of carbonyl (C=O) groups is 4. The molecule has 1 aliphatic carbocycles. The van der Waals surface area contributed by atoms with Gasteiger partial charge >= 0.3 is 11.9 Å². The molecular weight excluding hydrogens is 398 g/mol. The summed E-state index contributed by atoms with van der Waals surface area (Å²) in [5, 5.41) is 0. The molecule has 7 nitrogen and oxygen atoms in total. The molecule has 0 bridgehead atoms. The first-order valence-corrected chi connectivity index (χ1v) is 10.5. The van der Waals surface area contributed by atoms with E-state index in [0.29, 0.717) is 22.4 Å². The highest BCUT2D eigenvalue weighted by atomic mass is 16.5. The van der Waals surface area contributed by atoms with Crippen LogP contribution in [0.4, 0.5) is 0 Å². The number of fused-ring (bicyclic) bond motifs is 1. The number of esters is 2. The van der Waals surface area contributed by atoms with Gasteiger partial charge in [0.05, 0.1) is 24.3 Å². The maximum atomic E-state index is 12.5. The van der Waals surface area contributed by atoms with Gasteiger partial charge in [-0.15, -0.1) is 0 Å². The molecule has 0 fully saturated rings. The van der Waals surface area contributed by atoms with Gasteiger partial charge in [0.2, 0.25) is 5.78 Å². The molecule has 0 aliphatic heterocycles. The molecule has 1 N–H and O–H groups in total. The molecule has 0 spiro atoms. The standard InChI is InChI=1S/C24H27NO6/c1-4-30-24(29)22-14(2)23(25-15(22)3)20(27)13-31-21(28)11-10-19(26)18-9-8-16-6-5-7-17(16)12-18/h8-9,12,25H,4-7,10-11,13H2,1-3H3. The van der Waals surface area contributed by atoms with E-state index in [0.717, 1.165) is 19.3 Å². The van der Waals surface area contributed by atoms with Crippen LogP contribution < -0.4 is 0 Å². The fourth-order valence-electron chi connectivity index (χ4n) is 3.93. The monoisotopic (exact) mass is 425 g/mol. The first-order valence-electron chi connectivity index (χ1n) is 10.5. The Labute approximate surface area is 181 Å². The van der Waals surface area contributed by atoms with E-state index in [9.17, 15) is 19.2 Å². The highest BCUT2D eigenvalue weighted by Crippen LogP contribution is 2.23. The fourth-order valence-corrected chi connectivity index (χ4v) is 3.93. The molecule has 0 amide bonds. The van der Waals surface area contributed by atoms with Gasteiger partial charge in [0, 0.05) is 17.7 Å². The van der Waals surface area contributed by atoms with Crippen LogP contribution in [0.3, 0.4) is 0 Å². The van der Waals surface area contributed by atoms with Crippen molar-refractivity contribution in [3.63, 3.8) is 0 Å². The van der Waals surface area contributed by atoms with Crippen molar-refractivity contribution in [3.05, 3.63) is 57.4 Å². The van der Waals surface area contributed by atoms with E-state index in [1.807, 2.05) is 12.1 Å². The molecule has 3 rings (SSSR count). The van der Waals surface area contributed by atoms with Gasteiger partial charge in [0.25, 0.3) is 0 Å². The van der Waals surface area contributed by atoms with E-state index in [4.69, 9.17) is 9.47 Å². The minimum absolute atomic E-state index is 0.0272. The fraction of sp³-hybridized carbons (Fsp3) is 0.417. The molecule has 2 aromatic rings. The first-order chi connectivity index (χ1) is 14.8. The van der Waals surface area contributed by atoms with Gasteiger partial charge < -0.3 is 14.5 Å². The van der Waals surface area contributed by atoms with Crippen molar-refractivity contribution in [1.29, 1.82) is 0 Å². The first kappa shape index (κ1) is 22.5. The maximum absolute atomic E-state index is 12.5. The average molecular weight is 425 g/mol. The summed E-state index contributed by atoms with van der Waals surface area (Å²) in [6.07, 6.45) is 3.06. The predicted molar refractivity (Wildman–Crippen MR) is 114 cm³/mol. The molecular formula is C24H27NO6. The number of nitrogens with one attached hydrogen (secondary N) is 1. The number of ether oxygens (including phenoxy) is 2. The van der Waals surface area contributed by atoms with Gasteiger partial charge in [-0.25, -0.2) is 4.79 Å². The summed E-state index contributed by atoms with van der Waals surface area (Å²) in [6, 6.07) is 5.70. The van der Waals surface area contributed by atoms with Crippen LogP contribution in [-0.2, 0) is 27.1 Å². The largest absolute Gasteiger partial charge is 0.462 e. The Morgan fingerprint density at radius 2 is 1.71 bits per heavy atom. The predicted octanol–water partition coefficient (Wildman–Crippen LogP) is 3.69. The number of aromatic nitrogens is 1. The van der Waals surface area contributed by atoms with Crippen LogP contribution >= 0.6 is 0 Å². The van der Waals surface area contributed by atoms with E-state index in [1.165, 1.54) is 11.1 Å². The molecule has 1 heterocycles. The third-order valence-electron chi connectivity index (χ3n) is 5.54. The third-order valence-corrected chi connectivity index (χ3v) is 5.54. The summed E-state index contributed by atoms with van der Waals surface area (Å²) in [6.45, 7) is 4.78. The molecule has 0 saturated carbocycles. The number of hydrogen-bond donors (Lipinski definition) is 1. The zero-order chi connectivity index (χ0) is 22.5. The van der Waals surface area contributed by atoms with E-state index in [1.54, 1.807) is 26.8 Å². The van der Waals surface area contributed by atoms with Crippen molar-refractivity contribution in [2.45, 2.75) is 52.9 Å². The second kappa shape index (κ2) is 9.73. The summed E-state index contributed by atoms with van der Waals surface area (Å²) in [4.78, 5) is 51.8. The lowest BCUT2D eigenvalue weighted by molar-refractivity contribution is -0.142. The molecule has 0 unspecified atom stereocenters. The van der Waals surface area contributed by atoms with Crippen LogP contribution in [0.1, 0.15) is 79.8 Å². The Morgan fingerprint density at radius 1 is 0.968 bits per heavy atom. The molecule has 1 aromatic heterocycles. The van der Waals surface area contributed by atoms with Crippen molar-refractivity contribution >= 4 is 23.5 Å². The number of aryl methyl sites for hydroxylation is 3. The Hall–Kier alpha value is -3.22. The smallest absolute Gasteiger partial charge is 0.340 e. The van der Waals surface area contributed by atoms with E-state index in [-0.39, 0.29) is 30.9 Å². The number of benzene rings is 1. The van der Waals surface area contributed by atoms with E-state index >= 15 is 0 Å². The highest BCUT2D eigenvalue weighted by molar-refractivity contribution is 6.02. The van der Waals surface area contributed by atoms with Crippen LogP contribution in [0.5, 0.6) is 0 Å². The number of Topliss-reactive ketones (excluding diaryl/α,β-unsaturated/α-hetero) is 2. The number of aromatic amines is 1. The summed E-state index contributed by atoms with van der Waals surface area (Å²) in [5.41, 5.74) is 4.61. The van der Waals surface area contributed by atoms with Crippen LogP contribution in [-0.4, -0.2) is 41.7 Å². The van der Waals surface area contributed by atoms with Crippen molar-refractivity contribution in [2.24, 2.45) is 0 Å². The number of carbonyl (C=O) groups excluding carboxylic acids is 4. The summed E-state index contributed by atoms with van der Waals surface area (Å²) in [5.74, 6) is -1.69. The average Bonchev–Trinajstić information content (AvgIpc) is 3.33. The van der Waals surface area contributed by atoms with Gasteiger partial charge in [-0.05, 0) is 62.8 Å². The van der Waals surface area contributed by atoms with Crippen molar-refractivity contribution in [1.82, 2.24) is 4.98 Å². The van der Waals surface area contributed by atoms with Gasteiger partial charge in [-0.2, -0.15) is 0 Å². The lowest BCUT2D eigenvalue weighted by atomic mass is 10.0. The number of ketones is 2. The molecule has 0 radical (unpaired) electrons. The van der Waals surface area contributed by atoms with Crippen molar-refractivity contribution in [2.75, 3.05) is 13.2 Å². The summed E-state index contributed by atoms with van der Waals surface area (Å²) >= 11 is 0. The number of hydrogen-bond acceptors (Lipinski definition) is 6. The lowest BCUT2D eigenvalue weighted by Crippen LogP contribution is -2.16. The van der Waals surface area contributed by atoms with Crippen molar-refractivity contribution in [3.8, 4) is 0 Å². The topological polar surface area (TPSA) is 103 Å². The number of rotatable bonds is 9. The Kier molecular flexibility index (Phi) is 7.05. The molecule has 7 heteroatoms. The van der Waals surface area contributed by atoms with E-state index < -0.39 is 24.3 Å². The SMILES string of the molecule is CCOC(=O)c1c(C)[nH]c(C(=O)COC(=O)CCC(=O)c2ccc3c(c2)CCC3)c1C. The number of H-pyrrole nitrogens is 1. The summed E-state index contributed by atoms with van der Waals surface area (Å²) in [7, 11) is 0. The van der Waals surface area contributed by atoms with Crippen molar-refractivity contribution < 1.29 is 28.7 Å². The van der Waals surface area contributed by atoms with Gasteiger partial charge in [-0.3, -0.25) is 14.4 Å². The van der Waals surface area contributed by atoms with Gasteiger partial charge in [0.15, 0.2) is 12.4 Å². The lowest BCUT2D eigenvalue weighted by Gasteiger charge is -2.06. The van der Waals surface area contributed by atoms with Crippen LogP contribution in [0.15, 0.2) is 18.2 Å². The second-order valence-corrected chi connectivity index (χ2v) is 7.69. The van der Waals surface area contributed by atoms with Gasteiger partial charge in [-0.1, -0.05) is 12.1 Å². The zero-order valence-electron chi connectivity index (χ0n) is 18.1. The molecule has 0 atom stereocenters.